The van der Waals surface area contributed by atoms with Crippen LogP contribution in [-0.2, 0) is 26.4 Å². The molecule has 0 radical (unpaired) electrons. The van der Waals surface area contributed by atoms with E-state index in [1.54, 1.807) is 12.3 Å². The van der Waals surface area contributed by atoms with E-state index >= 15 is 0 Å². The average Bonchev–Trinajstić information content (AvgIpc) is 3.17. The highest BCUT2D eigenvalue weighted by molar-refractivity contribution is 7.92. The van der Waals surface area contributed by atoms with Gasteiger partial charge in [-0.15, -0.1) is 0 Å². The molecule has 2 fully saturated rings. The zero-order valence-electron chi connectivity index (χ0n) is 11.6. The second-order valence-corrected chi connectivity index (χ2v) is 9.81. The van der Waals surface area contributed by atoms with Crippen molar-refractivity contribution in [1.29, 1.82) is 0 Å². The van der Waals surface area contributed by atoms with E-state index in [4.69, 9.17) is 5.73 Å². The van der Waals surface area contributed by atoms with Crippen molar-refractivity contribution in [1.82, 2.24) is 8.87 Å². The Morgan fingerprint density at radius 2 is 1.86 bits per heavy atom. The van der Waals surface area contributed by atoms with Gasteiger partial charge < -0.3 is 10.3 Å². The Balaban J connectivity index is 1.88. The van der Waals surface area contributed by atoms with E-state index in [2.05, 4.69) is 0 Å². The lowest BCUT2D eigenvalue weighted by Gasteiger charge is -2.25. The van der Waals surface area contributed by atoms with Gasteiger partial charge in [0.25, 0.3) is 0 Å². The third kappa shape index (κ3) is 2.87. The molecule has 2 aliphatic rings. The van der Waals surface area contributed by atoms with Gasteiger partial charge in [-0.2, -0.15) is 4.31 Å². The van der Waals surface area contributed by atoms with Crippen LogP contribution >= 0.6 is 0 Å². The quantitative estimate of drug-likeness (QED) is 0.815. The molecule has 3 rings (SSSR count). The first-order valence-electron chi connectivity index (χ1n) is 6.95. The summed E-state index contributed by atoms with van der Waals surface area (Å²) in [5.74, 6) is -0.224. The van der Waals surface area contributed by atoms with E-state index < -0.39 is 19.9 Å². The fourth-order valence-corrected chi connectivity index (χ4v) is 5.50. The summed E-state index contributed by atoms with van der Waals surface area (Å²) in [6, 6.07) is 1.96. The first-order valence-corrected chi connectivity index (χ1v) is 10.2. The van der Waals surface area contributed by atoms with Crippen molar-refractivity contribution >= 4 is 19.9 Å². The Kier molecular flexibility index (Phi) is 3.63. The van der Waals surface area contributed by atoms with E-state index in [1.165, 1.54) is 4.31 Å². The van der Waals surface area contributed by atoms with Crippen molar-refractivity contribution in [3.63, 3.8) is 0 Å². The van der Waals surface area contributed by atoms with Crippen molar-refractivity contribution in [2.75, 3.05) is 24.6 Å². The van der Waals surface area contributed by atoms with Crippen LogP contribution in [0.3, 0.4) is 0 Å². The first kappa shape index (κ1) is 15.0. The molecule has 2 N–H and O–H groups in total. The minimum Gasteiger partial charge on any atom is -0.346 e. The van der Waals surface area contributed by atoms with Crippen molar-refractivity contribution in [3.8, 4) is 0 Å². The molecule has 21 heavy (non-hydrogen) atoms. The van der Waals surface area contributed by atoms with E-state index in [1.807, 2.05) is 4.57 Å². The molecule has 0 spiro atoms. The van der Waals surface area contributed by atoms with Crippen LogP contribution in [0.4, 0.5) is 0 Å². The van der Waals surface area contributed by atoms with Gasteiger partial charge in [-0.25, -0.2) is 16.8 Å². The number of sulfonamides is 1. The maximum absolute atomic E-state index is 12.6. The van der Waals surface area contributed by atoms with E-state index in [-0.39, 0.29) is 29.5 Å². The lowest BCUT2D eigenvalue weighted by Crippen LogP contribution is -2.43. The van der Waals surface area contributed by atoms with E-state index in [0.717, 1.165) is 18.5 Å². The van der Waals surface area contributed by atoms with Crippen LogP contribution in [0, 0.1) is 0 Å². The normalized spacial score (nSPS) is 23.3. The minimum absolute atomic E-state index is 0.0250. The number of nitrogens with two attached hydrogens (primary N) is 1. The zero-order valence-corrected chi connectivity index (χ0v) is 13.2. The van der Waals surface area contributed by atoms with Gasteiger partial charge in [0.05, 0.1) is 11.5 Å². The Morgan fingerprint density at radius 3 is 2.38 bits per heavy atom. The summed E-state index contributed by atoms with van der Waals surface area (Å²) >= 11 is 0. The van der Waals surface area contributed by atoms with Gasteiger partial charge in [-0.1, -0.05) is 0 Å². The van der Waals surface area contributed by atoms with Crippen LogP contribution in [-0.4, -0.2) is 50.3 Å². The number of sulfone groups is 1. The molecule has 0 aromatic carbocycles. The third-order valence-electron chi connectivity index (χ3n) is 4.00. The van der Waals surface area contributed by atoms with Crippen molar-refractivity contribution in [3.05, 3.63) is 18.0 Å². The highest BCUT2D eigenvalue weighted by Crippen LogP contribution is 2.37. The van der Waals surface area contributed by atoms with Gasteiger partial charge in [0.15, 0.2) is 9.84 Å². The Labute approximate surface area is 124 Å². The molecule has 0 unspecified atom stereocenters. The van der Waals surface area contributed by atoms with Gasteiger partial charge in [-0.05, 0) is 18.9 Å². The molecular formula is C12H19N3O4S2. The van der Waals surface area contributed by atoms with Gasteiger partial charge in [0.2, 0.25) is 10.0 Å². The monoisotopic (exact) mass is 333 g/mol. The second-order valence-electron chi connectivity index (χ2n) is 5.57. The van der Waals surface area contributed by atoms with Crippen LogP contribution in [0.25, 0.3) is 0 Å². The van der Waals surface area contributed by atoms with Crippen LogP contribution in [0.15, 0.2) is 17.2 Å². The van der Waals surface area contributed by atoms with Crippen molar-refractivity contribution in [2.45, 2.75) is 30.3 Å². The molecule has 0 atom stereocenters. The van der Waals surface area contributed by atoms with E-state index in [0.29, 0.717) is 12.6 Å². The van der Waals surface area contributed by atoms with Gasteiger partial charge in [0, 0.05) is 37.6 Å². The molecule has 1 aliphatic carbocycles. The summed E-state index contributed by atoms with van der Waals surface area (Å²) in [6.45, 7) is 0.342. The molecule has 118 valence electrons. The molecule has 9 heteroatoms. The second kappa shape index (κ2) is 5.08. The Hall–Kier alpha value is -0.900. The molecular weight excluding hydrogens is 314 g/mol. The van der Waals surface area contributed by atoms with E-state index in [9.17, 15) is 16.8 Å². The Morgan fingerprint density at radius 1 is 1.24 bits per heavy atom. The molecule has 1 saturated carbocycles. The largest absolute Gasteiger partial charge is 0.346 e. The molecule has 1 aromatic heterocycles. The lowest BCUT2D eigenvalue weighted by atomic mass is 10.4. The van der Waals surface area contributed by atoms with Crippen molar-refractivity contribution < 1.29 is 16.8 Å². The minimum atomic E-state index is -3.64. The Bertz CT molecular complexity index is 733. The molecule has 1 aromatic rings. The zero-order chi connectivity index (χ0) is 15.3. The van der Waals surface area contributed by atoms with Crippen LogP contribution in [0.5, 0.6) is 0 Å². The van der Waals surface area contributed by atoms with Crippen LogP contribution in [0.2, 0.25) is 0 Å². The smallest absolute Gasteiger partial charge is 0.244 e. The lowest BCUT2D eigenvalue weighted by molar-refractivity contribution is 0.430. The summed E-state index contributed by atoms with van der Waals surface area (Å²) in [7, 11) is -6.74. The number of hydrogen-bond donors (Lipinski definition) is 1. The number of nitrogens with zero attached hydrogens (tertiary/aromatic N) is 2. The predicted octanol–water partition coefficient (Wildman–Crippen LogP) is -0.299. The maximum atomic E-state index is 12.6. The predicted molar refractivity (Wildman–Crippen MR) is 78.0 cm³/mol. The molecule has 7 nitrogen and oxygen atoms in total. The standard InChI is InChI=1S/C12H19N3O4S2/c13-8-11-7-12(9-15(11)10-1-2-10)21(18,19)14-3-5-20(16,17)6-4-14/h7,9-10H,1-6,8,13H2. The van der Waals surface area contributed by atoms with Gasteiger partial charge >= 0.3 is 0 Å². The number of hydrogen-bond acceptors (Lipinski definition) is 5. The summed E-state index contributed by atoms with van der Waals surface area (Å²) in [6.07, 6.45) is 3.73. The average molecular weight is 333 g/mol. The molecule has 1 aliphatic heterocycles. The fourth-order valence-electron chi connectivity index (χ4n) is 2.58. The number of rotatable bonds is 4. The third-order valence-corrected chi connectivity index (χ3v) is 7.47. The summed E-state index contributed by atoms with van der Waals surface area (Å²) in [5, 5.41) is 0. The first-order chi connectivity index (χ1) is 9.83. The molecule has 2 heterocycles. The highest BCUT2D eigenvalue weighted by Gasteiger charge is 2.33. The molecule has 0 amide bonds. The topological polar surface area (TPSA) is 102 Å². The van der Waals surface area contributed by atoms with Crippen molar-refractivity contribution in [2.24, 2.45) is 5.73 Å². The van der Waals surface area contributed by atoms with Gasteiger partial charge in [0.1, 0.15) is 4.90 Å². The summed E-state index contributed by atoms with van der Waals surface area (Å²) in [5.41, 5.74) is 6.48. The SMILES string of the molecule is NCc1cc(S(=O)(=O)N2CCS(=O)(=O)CC2)cn1C1CC1. The fraction of sp³-hybridized carbons (Fsp3) is 0.667. The highest BCUT2D eigenvalue weighted by atomic mass is 32.2. The van der Waals surface area contributed by atoms with Crippen LogP contribution in [0.1, 0.15) is 24.6 Å². The molecule has 1 saturated heterocycles. The molecule has 0 bridgehead atoms. The van der Waals surface area contributed by atoms with Crippen LogP contribution < -0.4 is 5.73 Å². The summed E-state index contributed by atoms with van der Waals surface area (Å²) < 4.78 is 51.2. The summed E-state index contributed by atoms with van der Waals surface area (Å²) in [4.78, 5) is 0.217. The maximum Gasteiger partial charge on any atom is 0.244 e. The van der Waals surface area contributed by atoms with Gasteiger partial charge in [-0.3, -0.25) is 0 Å². The number of aromatic nitrogens is 1.